The Morgan fingerprint density at radius 3 is 2.89 bits per heavy atom. The number of hydrogen-bond acceptors (Lipinski definition) is 4. The van der Waals surface area contributed by atoms with E-state index in [0.717, 1.165) is 19.5 Å². The first kappa shape index (κ1) is 16.4. The molecular weight excluding hydrogens is 266 g/mol. The van der Waals surface area contributed by atoms with Gasteiger partial charge in [-0.25, -0.2) is 0 Å². The van der Waals surface area contributed by atoms with Gasteiger partial charge in [0.1, 0.15) is 0 Å². The maximum Gasteiger partial charge on any atom is 0.0972 e. The van der Waals surface area contributed by atoms with Crippen molar-refractivity contribution in [3.63, 3.8) is 0 Å². The number of likely N-dealkylation sites (N-methyl/N-ethyl adjacent to an activating group) is 1. The van der Waals surface area contributed by atoms with E-state index in [1.807, 2.05) is 21.0 Å². The molecule has 0 saturated heterocycles. The molecule has 0 radical (unpaired) electrons. The summed E-state index contributed by atoms with van der Waals surface area (Å²) in [4.78, 5) is 2.07. The average molecular weight is 290 g/mol. The van der Waals surface area contributed by atoms with Crippen LogP contribution in [0.2, 0.25) is 5.02 Å². The Hall–Kier alpha value is -0.620. The monoisotopic (exact) mass is 289 g/mol. The average Bonchev–Trinajstić information content (AvgIpc) is 2.73. The lowest BCUT2D eigenvalue weighted by atomic mass is 10.1. The van der Waals surface area contributed by atoms with Crippen molar-refractivity contribution in [2.45, 2.75) is 32.4 Å². The molecular formula is C13H24ClN3O2. The minimum atomic E-state index is -0.586. The number of ether oxygens (including phenoxy) is 1. The molecule has 1 rings (SSSR count). The summed E-state index contributed by atoms with van der Waals surface area (Å²) in [5, 5.41) is 15.0. The van der Waals surface area contributed by atoms with Gasteiger partial charge in [-0.1, -0.05) is 11.6 Å². The second kappa shape index (κ2) is 8.53. The van der Waals surface area contributed by atoms with Crippen molar-refractivity contribution >= 4 is 11.6 Å². The van der Waals surface area contributed by atoms with Crippen LogP contribution in [0.25, 0.3) is 0 Å². The van der Waals surface area contributed by atoms with Gasteiger partial charge in [0.05, 0.1) is 29.6 Å². The van der Waals surface area contributed by atoms with Gasteiger partial charge >= 0.3 is 0 Å². The zero-order valence-electron chi connectivity index (χ0n) is 12.0. The van der Waals surface area contributed by atoms with Crippen molar-refractivity contribution in [2.24, 2.45) is 0 Å². The molecule has 0 bridgehead atoms. The zero-order valence-corrected chi connectivity index (χ0v) is 12.7. The fourth-order valence-corrected chi connectivity index (χ4v) is 2.10. The molecule has 1 atom stereocenters. The highest BCUT2D eigenvalue weighted by Crippen LogP contribution is 2.26. The Balaban J connectivity index is 2.56. The van der Waals surface area contributed by atoms with Crippen LogP contribution in [0, 0.1) is 0 Å². The van der Waals surface area contributed by atoms with Crippen LogP contribution in [0.3, 0.4) is 0 Å². The summed E-state index contributed by atoms with van der Waals surface area (Å²) < 4.78 is 7.05. The summed E-state index contributed by atoms with van der Waals surface area (Å²) in [5.41, 5.74) is 0.708. The van der Waals surface area contributed by atoms with Crippen molar-refractivity contribution in [3.8, 4) is 0 Å². The summed E-state index contributed by atoms with van der Waals surface area (Å²) >= 11 is 6.11. The van der Waals surface area contributed by atoms with Gasteiger partial charge in [-0.15, -0.1) is 0 Å². The van der Waals surface area contributed by atoms with Crippen LogP contribution in [0.15, 0.2) is 6.20 Å². The lowest BCUT2D eigenvalue weighted by Crippen LogP contribution is -2.21. The first-order valence-corrected chi connectivity index (χ1v) is 7.05. The molecule has 0 aliphatic heterocycles. The SMILES string of the molecule is CCOCCCC(O)c1c(Cl)cnn1CCN(C)C. The third kappa shape index (κ3) is 5.48. The number of aliphatic hydroxyl groups excluding tert-OH is 1. The second-order valence-corrected chi connectivity index (χ2v) is 5.17. The third-order valence-corrected chi connectivity index (χ3v) is 3.17. The molecule has 0 saturated carbocycles. The lowest BCUT2D eigenvalue weighted by molar-refractivity contribution is 0.110. The number of halogens is 1. The maximum absolute atomic E-state index is 10.2. The van der Waals surface area contributed by atoms with Gasteiger partial charge in [0.2, 0.25) is 0 Å². The standard InChI is InChI=1S/C13H24ClN3O2/c1-4-19-9-5-6-12(18)13-11(14)10-15-17(13)8-7-16(2)3/h10,12,18H,4-9H2,1-3H3. The van der Waals surface area contributed by atoms with Crippen molar-refractivity contribution in [1.29, 1.82) is 0 Å². The number of rotatable bonds is 9. The normalized spacial score (nSPS) is 13.2. The lowest BCUT2D eigenvalue weighted by Gasteiger charge is -2.16. The largest absolute Gasteiger partial charge is 0.387 e. The van der Waals surface area contributed by atoms with Gasteiger partial charge in [-0.2, -0.15) is 5.10 Å². The molecule has 0 spiro atoms. The van der Waals surface area contributed by atoms with E-state index in [0.29, 0.717) is 30.4 Å². The number of hydrogen-bond donors (Lipinski definition) is 1. The van der Waals surface area contributed by atoms with Crippen LogP contribution >= 0.6 is 11.6 Å². The Morgan fingerprint density at radius 1 is 1.53 bits per heavy atom. The molecule has 1 aromatic rings. The molecule has 5 nitrogen and oxygen atoms in total. The smallest absolute Gasteiger partial charge is 0.0972 e. The van der Waals surface area contributed by atoms with Crippen LogP contribution in [0.4, 0.5) is 0 Å². The molecule has 110 valence electrons. The van der Waals surface area contributed by atoms with Crippen molar-refractivity contribution < 1.29 is 9.84 Å². The van der Waals surface area contributed by atoms with E-state index in [-0.39, 0.29) is 0 Å². The van der Waals surface area contributed by atoms with Crippen molar-refractivity contribution in [2.75, 3.05) is 33.9 Å². The van der Waals surface area contributed by atoms with Crippen molar-refractivity contribution in [1.82, 2.24) is 14.7 Å². The van der Waals surface area contributed by atoms with Gasteiger partial charge in [0.25, 0.3) is 0 Å². The van der Waals surface area contributed by atoms with E-state index in [4.69, 9.17) is 16.3 Å². The van der Waals surface area contributed by atoms with Crippen LogP contribution in [-0.2, 0) is 11.3 Å². The van der Waals surface area contributed by atoms with Crippen LogP contribution in [0.5, 0.6) is 0 Å². The van der Waals surface area contributed by atoms with E-state index in [9.17, 15) is 5.11 Å². The van der Waals surface area contributed by atoms with Gasteiger partial charge in [-0.05, 0) is 33.9 Å². The molecule has 0 aliphatic carbocycles. The molecule has 0 aromatic carbocycles. The number of aliphatic hydroxyl groups is 1. The number of aromatic nitrogens is 2. The molecule has 1 heterocycles. The molecule has 0 fully saturated rings. The van der Waals surface area contributed by atoms with E-state index in [2.05, 4.69) is 10.00 Å². The predicted molar refractivity (Wildman–Crippen MR) is 76.5 cm³/mol. The molecule has 1 unspecified atom stereocenters. The molecule has 0 aliphatic rings. The number of nitrogens with zero attached hydrogens (tertiary/aromatic N) is 3. The Kier molecular flexibility index (Phi) is 7.38. The van der Waals surface area contributed by atoms with E-state index >= 15 is 0 Å². The Morgan fingerprint density at radius 2 is 2.26 bits per heavy atom. The second-order valence-electron chi connectivity index (χ2n) is 4.76. The summed E-state index contributed by atoms with van der Waals surface area (Å²) in [6, 6.07) is 0. The first-order valence-electron chi connectivity index (χ1n) is 6.68. The van der Waals surface area contributed by atoms with Gasteiger partial charge < -0.3 is 14.7 Å². The highest BCUT2D eigenvalue weighted by Gasteiger charge is 2.17. The summed E-state index contributed by atoms with van der Waals surface area (Å²) in [5.74, 6) is 0. The minimum Gasteiger partial charge on any atom is -0.387 e. The van der Waals surface area contributed by atoms with E-state index < -0.39 is 6.10 Å². The van der Waals surface area contributed by atoms with Crippen LogP contribution < -0.4 is 0 Å². The quantitative estimate of drug-likeness (QED) is 0.706. The molecule has 6 heteroatoms. The molecule has 1 aromatic heterocycles. The highest BCUT2D eigenvalue weighted by molar-refractivity contribution is 6.31. The Bertz CT molecular complexity index is 369. The summed E-state index contributed by atoms with van der Waals surface area (Å²) in [7, 11) is 4.01. The minimum absolute atomic E-state index is 0.530. The van der Waals surface area contributed by atoms with Crippen LogP contribution in [0.1, 0.15) is 31.6 Å². The first-order chi connectivity index (χ1) is 9.06. The van der Waals surface area contributed by atoms with E-state index in [1.54, 1.807) is 10.9 Å². The zero-order chi connectivity index (χ0) is 14.3. The molecule has 0 amide bonds. The predicted octanol–water partition coefficient (Wildman–Crippen LogP) is 1.95. The molecule has 1 N–H and O–H groups in total. The molecule has 19 heavy (non-hydrogen) atoms. The summed E-state index contributed by atoms with van der Waals surface area (Å²) in [6.45, 7) is 4.91. The third-order valence-electron chi connectivity index (χ3n) is 2.88. The summed E-state index contributed by atoms with van der Waals surface area (Å²) in [6.07, 6.45) is 2.45. The maximum atomic E-state index is 10.2. The van der Waals surface area contributed by atoms with Gasteiger partial charge in [-0.3, -0.25) is 4.68 Å². The van der Waals surface area contributed by atoms with Crippen LogP contribution in [-0.4, -0.2) is 53.6 Å². The highest BCUT2D eigenvalue weighted by atomic mass is 35.5. The van der Waals surface area contributed by atoms with E-state index in [1.165, 1.54) is 0 Å². The van der Waals surface area contributed by atoms with Gasteiger partial charge in [0.15, 0.2) is 0 Å². The van der Waals surface area contributed by atoms with Crippen molar-refractivity contribution in [3.05, 3.63) is 16.9 Å². The fourth-order valence-electron chi connectivity index (χ4n) is 1.84. The Labute approximate surface area is 120 Å². The fraction of sp³-hybridized carbons (Fsp3) is 0.769. The topological polar surface area (TPSA) is 50.5 Å². The van der Waals surface area contributed by atoms with Gasteiger partial charge in [0, 0.05) is 19.8 Å².